The van der Waals surface area contributed by atoms with Gasteiger partial charge in [-0.15, -0.1) is 0 Å². The zero-order chi connectivity index (χ0) is 16.0. The van der Waals surface area contributed by atoms with E-state index < -0.39 is 6.10 Å². The molecule has 0 radical (unpaired) electrons. The van der Waals surface area contributed by atoms with Crippen molar-refractivity contribution in [1.29, 1.82) is 0 Å². The summed E-state index contributed by atoms with van der Waals surface area (Å²) in [5, 5.41) is 13.7. The third-order valence-corrected chi connectivity index (χ3v) is 4.06. The van der Waals surface area contributed by atoms with Crippen molar-refractivity contribution in [2.24, 2.45) is 11.3 Å². The SMILES string of the molecule is COc1ccc(OC)c(C(O)CNCC(C)C(C)(C)C)c1. The van der Waals surface area contributed by atoms with Crippen molar-refractivity contribution in [3.05, 3.63) is 23.8 Å². The number of aliphatic hydroxyl groups is 1. The van der Waals surface area contributed by atoms with E-state index in [1.807, 2.05) is 18.2 Å². The predicted molar refractivity (Wildman–Crippen MR) is 86.0 cm³/mol. The van der Waals surface area contributed by atoms with Crippen molar-refractivity contribution in [2.45, 2.75) is 33.8 Å². The third-order valence-electron chi connectivity index (χ3n) is 4.06. The van der Waals surface area contributed by atoms with Gasteiger partial charge in [0, 0.05) is 12.1 Å². The van der Waals surface area contributed by atoms with Gasteiger partial charge in [-0.1, -0.05) is 27.7 Å². The van der Waals surface area contributed by atoms with Gasteiger partial charge in [0.25, 0.3) is 0 Å². The molecule has 0 saturated heterocycles. The largest absolute Gasteiger partial charge is 0.497 e. The first-order valence-corrected chi connectivity index (χ1v) is 7.40. The summed E-state index contributed by atoms with van der Waals surface area (Å²) in [4.78, 5) is 0. The number of hydrogen-bond acceptors (Lipinski definition) is 4. The molecule has 4 nitrogen and oxygen atoms in total. The summed E-state index contributed by atoms with van der Waals surface area (Å²) in [5.41, 5.74) is 0.999. The summed E-state index contributed by atoms with van der Waals surface area (Å²) in [7, 11) is 3.22. The molecule has 0 bridgehead atoms. The van der Waals surface area contributed by atoms with Gasteiger partial charge >= 0.3 is 0 Å². The summed E-state index contributed by atoms with van der Waals surface area (Å²) in [6.07, 6.45) is -0.623. The molecule has 0 aliphatic heterocycles. The lowest BCUT2D eigenvalue weighted by Gasteiger charge is -2.28. The normalized spacial score (nSPS) is 14.6. The molecule has 21 heavy (non-hydrogen) atoms. The van der Waals surface area contributed by atoms with Crippen LogP contribution in [-0.4, -0.2) is 32.4 Å². The molecule has 1 aromatic rings. The first-order chi connectivity index (χ1) is 9.79. The van der Waals surface area contributed by atoms with E-state index in [2.05, 4.69) is 33.0 Å². The van der Waals surface area contributed by atoms with E-state index >= 15 is 0 Å². The van der Waals surface area contributed by atoms with Gasteiger partial charge < -0.3 is 19.9 Å². The Bertz CT molecular complexity index is 440. The summed E-state index contributed by atoms with van der Waals surface area (Å²) in [6.45, 7) is 10.2. The fraction of sp³-hybridized carbons (Fsp3) is 0.647. The quantitative estimate of drug-likeness (QED) is 0.812. The van der Waals surface area contributed by atoms with Gasteiger partial charge in [0.05, 0.1) is 20.3 Å². The number of aliphatic hydroxyl groups excluding tert-OH is 1. The second-order valence-electron chi connectivity index (χ2n) is 6.55. The number of hydrogen-bond donors (Lipinski definition) is 2. The Morgan fingerprint density at radius 3 is 2.33 bits per heavy atom. The Morgan fingerprint density at radius 1 is 1.14 bits per heavy atom. The molecule has 0 fully saturated rings. The molecule has 4 heteroatoms. The van der Waals surface area contributed by atoms with E-state index in [1.54, 1.807) is 14.2 Å². The second-order valence-corrected chi connectivity index (χ2v) is 6.55. The highest BCUT2D eigenvalue weighted by Crippen LogP contribution is 2.29. The zero-order valence-corrected chi connectivity index (χ0v) is 14.1. The lowest BCUT2D eigenvalue weighted by atomic mass is 9.82. The second kappa shape index (κ2) is 7.66. The van der Waals surface area contributed by atoms with Gasteiger partial charge in [-0.2, -0.15) is 0 Å². The van der Waals surface area contributed by atoms with Crippen LogP contribution in [0.25, 0.3) is 0 Å². The average molecular weight is 295 g/mol. The fourth-order valence-corrected chi connectivity index (χ4v) is 1.95. The van der Waals surface area contributed by atoms with Crippen molar-refractivity contribution in [3.63, 3.8) is 0 Å². The van der Waals surface area contributed by atoms with E-state index in [4.69, 9.17) is 9.47 Å². The summed E-state index contributed by atoms with van der Waals surface area (Å²) in [5.74, 6) is 1.92. The van der Waals surface area contributed by atoms with Crippen LogP contribution in [0, 0.1) is 11.3 Å². The van der Waals surface area contributed by atoms with Gasteiger partial charge in [0.2, 0.25) is 0 Å². The number of rotatable bonds is 7. The minimum atomic E-state index is -0.623. The highest BCUT2D eigenvalue weighted by atomic mass is 16.5. The van der Waals surface area contributed by atoms with Crippen molar-refractivity contribution >= 4 is 0 Å². The third kappa shape index (κ3) is 5.21. The molecule has 120 valence electrons. The monoisotopic (exact) mass is 295 g/mol. The van der Waals surface area contributed by atoms with Crippen LogP contribution in [0.2, 0.25) is 0 Å². The zero-order valence-electron chi connectivity index (χ0n) is 14.1. The molecule has 0 saturated carbocycles. The number of nitrogens with one attached hydrogen (secondary N) is 1. The maximum absolute atomic E-state index is 10.4. The maximum atomic E-state index is 10.4. The van der Waals surface area contributed by atoms with Crippen molar-refractivity contribution in [3.8, 4) is 11.5 Å². The number of benzene rings is 1. The fourth-order valence-electron chi connectivity index (χ4n) is 1.95. The molecule has 0 aliphatic carbocycles. The van der Waals surface area contributed by atoms with Gasteiger partial charge in [-0.3, -0.25) is 0 Å². The van der Waals surface area contributed by atoms with Crippen molar-refractivity contribution < 1.29 is 14.6 Å². The van der Waals surface area contributed by atoms with E-state index in [0.29, 0.717) is 24.0 Å². The molecule has 1 aromatic carbocycles. The highest BCUT2D eigenvalue weighted by molar-refractivity contribution is 5.41. The Kier molecular flexibility index (Phi) is 6.49. The molecule has 2 unspecified atom stereocenters. The van der Waals surface area contributed by atoms with E-state index in [-0.39, 0.29) is 5.41 Å². The molecule has 2 atom stereocenters. The summed E-state index contributed by atoms with van der Waals surface area (Å²) >= 11 is 0. The summed E-state index contributed by atoms with van der Waals surface area (Å²) in [6, 6.07) is 5.46. The van der Waals surface area contributed by atoms with E-state index in [1.165, 1.54) is 0 Å². The topological polar surface area (TPSA) is 50.7 Å². The van der Waals surface area contributed by atoms with Gasteiger partial charge in [-0.25, -0.2) is 0 Å². The van der Waals surface area contributed by atoms with Crippen molar-refractivity contribution in [1.82, 2.24) is 5.32 Å². The Balaban J connectivity index is 2.65. The van der Waals surface area contributed by atoms with Gasteiger partial charge in [0.1, 0.15) is 11.5 Å². The highest BCUT2D eigenvalue weighted by Gasteiger charge is 2.20. The van der Waals surface area contributed by atoms with E-state index in [9.17, 15) is 5.11 Å². The molecule has 2 N–H and O–H groups in total. The average Bonchev–Trinajstić information content (AvgIpc) is 2.45. The van der Waals surface area contributed by atoms with Crippen LogP contribution >= 0.6 is 0 Å². The molecule has 0 aromatic heterocycles. The predicted octanol–water partition coefficient (Wildman–Crippen LogP) is 3.01. The van der Waals surface area contributed by atoms with Crippen LogP contribution in [0.4, 0.5) is 0 Å². The molecule has 0 spiro atoms. The minimum Gasteiger partial charge on any atom is -0.497 e. The molecule has 1 rings (SSSR count). The first-order valence-electron chi connectivity index (χ1n) is 7.40. The maximum Gasteiger partial charge on any atom is 0.124 e. The number of methoxy groups -OCH3 is 2. The molecule has 0 aliphatic rings. The van der Waals surface area contributed by atoms with Gasteiger partial charge in [-0.05, 0) is 36.1 Å². The smallest absolute Gasteiger partial charge is 0.124 e. The van der Waals surface area contributed by atoms with Crippen LogP contribution < -0.4 is 14.8 Å². The Hall–Kier alpha value is -1.26. The summed E-state index contributed by atoms with van der Waals surface area (Å²) < 4.78 is 10.5. The van der Waals surface area contributed by atoms with Gasteiger partial charge in [0.15, 0.2) is 0 Å². The number of ether oxygens (including phenoxy) is 2. The molecule has 0 heterocycles. The lowest BCUT2D eigenvalue weighted by Crippen LogP contribution is -2.32. The van der Waals surface area contributed by atoms with Crippen LogP contribution in [0.1, 0.15) is 39.4 Å². The Morgan fingerprint density at radius 2 is 1.81 bits per heavy atom. The van der Waals surface area contributed by atoms with Crippen LogP contribution in [0.3, 0.4) is 0 Å². The molecular weight excluding hydrogens is 266 g/mol. The van der Waals surface area contributed by atoms with Crippen LogP contribution in [-0.2, 0) is 0 Å². The van der Waals surface area contributed by atoms with E-state index in [0.717, 1.165) is 12.1 Å². The molecular formula is C17H29NO3. The van der Waals surface area contributed by atoms with Crippen molar-refractivity contribution in [2.75, 3.05) is 27.3 Å². The standard InChI is InChI=1S/C17H29NO3/c1-12(17(2,3)4)10-18-11-15(19)14-9-13(20-5)7-8-16(14)21-6/h7-9,12,15,18-19H,10-11H2,1-6H3. The first kappa shape index (κ1) is 17.8. The Labute approximate surface area is 128 Å². The molecule has 0 amide bonds. The van der Waals surface area contributed by atoms with Crippen LogP contribution in [0.5, 0.6) is 11.5 Å². The lowest BCUT2D eigenvalue weighted by molar-refractivity contribution is 0.162. The van der Waals surface area contributed by atoms with Crippen LogP contribution in [0.15, 0.2) is 18.2 Å². The minimum absolute atomic E-state index is 0.256.